The van der Waals surface area contributed by atoms with Crippen LogP contribution in [0, 0.1) is 0 Å². The Labute approximate surface area is 176 Å². The molecule has 3 rings (SSSR count). The molecule has 1 aromatic carbocycles. The van der Waals surface area contributed by atoms with Gasteiger partial charge in [-0.15, -0.1) is 0 Å². The molecule has 1 aliphatic heterocycles. The summed E-state index contributed by atoms with van der Waals surface area (Å²) < 4.78 is 5.31. The monoisotopic (exact) mass is 433 g/mol. The van der Waals surface area contributed by atoms with Crippen molar-refractivity contribution in [3.8, 4) is 5.75 Å². The Balaban J connectivity index is 1.67. The molecule has 0 bridgehead atoms. The molecule has 1 aliphatic rings. The van der Waals surface area contributed by atoms with Gasteiger partial charge in [-0.3, -0.25) is 4.79 Å². The molecule has 3 atom stereocenters. The fourth-order valence-corrected chi connectivity index (χ4v) is 3.38. The van der Waals surface area contributed by atoms with Gasteiger partial charge in [0.1, 0.15) is 17.8 Å². The lowest BCUT2D eigenvalue weighted by atomic mass is 10.1. The molecule has 2 heterocycles. The number of nitrogens with one attached hydrogen (secondary N) is 1. The Kier molecular flexibility index (Phi) is 6.70. The van der Waals surface area contributed by atoms with Crippen LogP contribution in [-0.2, 0) is 16.0 Å². The molecule has 0 saturated carbocycles. The number of rotatable bonds is 8. The number of aromatic hydroxyl groups is 1. The Morgan fingerprint density at radius 2 is 1.97 bits per heavy atom. The molecule has 2 amide bonds. The van der Waals surface area contributed by atoms with Crippen molar-refractivity contribution in [3.05, 3.63) is 41.5 Å². The summed E-state index contributed by atoms with van der Waals surface area (Å²) in [5.41, 5.74) is 7.03. The number of aliphatic carboxylic acids is 2. The largest absolute Gasteiger partial charge is 0.508 e. The zero-order valence-corrected chi connectivity index (χ0v) is 16.5. The average molecular weight is 433 g/mol. The summed E-state index contributed by atoms with van der Waals surface area (Å²) in [7, 11) is 0. The van der Waals surface area contributed by atoms with Crippen molar-refractivity contribution in [1.82, 2.24) is 20.4 Å². The van der Waals surface area contributed by atoms with Crippen molar-refractivity contribution in [2.75, 3.05) is 6.54 Å². The lowest BCUT2D eigenvalue weighted by Crippen LogP contribution is -2.48. The summed E-state index contributed by atoms with van der Waals surface area (Å²) >= 11 is 0. The number of aromatic nitrogens is 2. The van der Waals surface area contributed by atoms with Gasteiger partial charge in [-0.2, -0.15) is 4.98 Å². The summed E-state index contributed by atoms with van der Waals surface area (Å²) in [6.07, 6.45) is 0.824. The van der Waals surface area contributed by atoms with Gasteiger partial charge in [0.2, 0.25) is 5.89 Å². The third-order valence-corrected chi connectivity index (χ3v) is 4.95. The molecular formula is C19H23N5O7. The summed E-state index contributed by atoms with van der Waals surface area (Å²) in [6, 6.07) is 3.15. The van der Waals surface area contributed by atoms with Crippen LogP contribution in [0.15, 0.2) is 28.8 Å². The predicted molar refractivity (Wildman–Crippen MR) is 104 cm³/mol. The van der Waals surface area contributed by atoms with Gasteiger partial charge in [0.25, 0.3) is 0 Å². The predicted octanol–water partition coefficient (Wildman–Crippen LogP) is 0.792. The van der Waals surface area contributed by atoms with Crippen LogP contribution in [0.5, 0.6) is 5.75 Å². The van der Waals surface area contributed by atoms with E-state index in [1.54, 1.807) is 24.3 Å². The Morgan fingerprint density at radius 3 is 2.61 bits per heavy atom. The summed E-state index contributed by atoms with van der Waals surface area (Å²) in [5, 5.41) is 33.5. The van der Waals surface area contributed by atoms with Crippen LogP contribution in [0.1, 0.15) is 48.6 Å². The first-order valence-electron chi connectivity index (χ1n) is 9.63. The van der Waals surface area contributed by atoms with E-state index < -0.39 is 42.5 Å². The molecule has 0 spiro atoms. The summed E-state index contributed by atoms with van der Waals surface area (Å²) in [4.78, 5) is 40.3. The minimum atomic E-state index is -1.55. The molecule has 0 radical (unpaired) electrons. The summed E-state index contributed by atoms with van der Waals surface area (Å²) in [6.45, 7) is 0.327. The van der Waals surface area contributed by atoms with Crippen molar-refractivity contribution >= 4 is 18.0 Å². The van der Waals surface area contributed by atoms with Gasteiger partial charge in [-0.1, -0.05) is 17.3 Å². The van der Waals surface area contributed by atoms with E-state index >= 15 is 0 Å². The number of carbonyl (C=O) groups excluding carboxylic acids is 1. The highest BCUT2D eigenvalue weighted by Gasteiger charge is 2.36. The van der Waals surface area contributed by atoms with Crippen LogP contribution in [0.2, 0.25) is 0 Å². The normalized spacial score (nSPS) is 17.8. The van der Waals surface area contributed by atoms with Gasteiger partial charge in [0.15, 0.2) is 5.82 Å². The highest BCUT2D eigenvalue weighted by Crippen LogP contribution is 2.31. The van der Waals surface area contributed by atoms with Crippen LogP contribution in [0.3, 0.4) is 0 Å². The second-order valence-corrected chi connectivity index (χ2v) is 7.26. The van der Waals surface area contributed by atoms with Crippen molar-refractivity contribution in [1.29, 1.82) is 0 Å². The van der Waals surface area contributed by atoms with E-state index in [0.29, 0.717) is 25.8 Å². The Morgan fingerprint density at radius 1 is 1.26 bits per heavy atom. The van der Waals surface area contributed by atoms with Crippen LogP contribution in [0.25, 0.3) is 0 Å². The highest BCUT2D eigenvalue weighted by atomic mass is 16.5. The molecular weight excluding hydrogens is 410 g/mol. The molecule has 12 heteroatoms. The standard InChI is InChI=1S/C19H23N5O7/c20-12(8-10-3-5-11(25)6-4-10)16-22-17(31-23-16)14-2-1-7-24(14)19(30)21-13(18(28)29)9-15(26)27/h3-6,12-14,25H,1-2,7-9,20H2,(H,21,30)(H,26,27)(H,28,29)/t12-,13?,14-/m0/s1. The molecule has 1 aromatic heterocycles. The quantitative estimate of drug-likeness (QED) is 0.397. The summed E-state index contributed by atoms with van der Waals surface area (Å²) in [5.74, 6) is -2.20. The first-order valence-corrected chi connectivity index (χ1v) is 9.63. The number of carboxylic acid groups (broad SMARTS) is 2. The lowest BCUT2D eigenvalue weighted by Gasteiger charge is -2.24. The number of phenols is 1. The zero-order valence-electron chi connectivity index (χ0n) is 16.5. The third kappa shape index (κ3) is 5.48. The first-order chi connectivity index (χ1) is 14.7. The third-order valence-electron chi connectivity index (χ3n) is 4.95. The number of phenolic OH excluding ortho intramolecular Hbond substituents is 1. The van der Waals surface area contributed by atoms with E-state index in [4.69, 9.17) is 20.5 Å². The maximum atomic E-state index is 12.6. The fraction of sp³-hybridized carbons (Fsp3) is 0.421. The van der Waals surface area contributed by atoms with E-state index in [2.05, 4.69) is 15.5 Å². The molecule has 6 N–H and O–H groups in total. The molecule has 12 nitrogen and oxygen atoms in total. The van der Waals surface area contributed by atoms with Crippen molar-refractivity contribution in [3.63, 3.8) is 0 Å². The Hall–Kier alpha value is -3.67. The second-order valence-electron chi connectivity index (χ2n) is 7.26. The van der Waals surface area contributed by atoms with Crippen molar-refractivity contribution in [2.24, 2.45) is 5.73 Å². The number of nitrogens with zero attached hydrogens (tertiary/aromatic N) is 3. The van der Waals surface area contributed by atoms with E-state index in [9.17, 15) is 19.5 Å². The van der Waals surface area contributed by atoms with Gasteiger partial charge in [-0.05, 0) is 37.0 Å². The van der Waals surface area contributed by atoms with E-state index in [1.807, 2.05) is 0 Å². The average Bonchev–Trinajstić information content (AvgIpc) is 3.38. The maximum Gasteiger partial charge on any atom is 0.326 e. The van der Waals surface area contributed by atoms with Crippen LogP contribution < -0.4 is 11.1 Å². The number of nitrogens with two attached hydrogens (primary N) is 1. The molecule has 2 aromatic rings. The minimum absolute atomic E-state index is 0.146. The van der Waals surface area contributed by atoms with Crippen LogP contribution >= 0.6 is 0 Å². The SMILES string of the molecule is N[C@@H](Cc1ccc(O)cc1)c1noc([C@@H]2CCCN2C(=O)NC(CC(=O)O)C(=O)O)n1. The second kappa shape index (κ2) is 9.43. The van der Waals surface area contributed by atoms with Gasteiger partial charge >= 0.3 is 18.0 Å². The van der Waals surface area contributed by atoms with E-state index in [1.165, 1.54) is 4.90 Å². The van der Waals surface area contributed by atoms with Gasteiger partial charge in [0, 0.05) is 6.54 Å². The lowest BCUT2D eigenvalue weighted by molar-refractivity contribution is -0.145. The fourth-order valence-electron chi connectivity index (χ4n) is 3.38. The molecule has 1 fully saturated rings. The molecule has 1 unspecified atom stereocenters. The number of likely N-dealkylation sites (tertiary alicyclic amines) is 1. The number of hydrogen-bond donors (Lipinski definition) is 5. The first kappa shape index (κ1) is 22.0. The smallest absolute Gasteiger partial charge is 0.326 e. The van der Waals surface area contributed by atoms with E-state index in [-0.39, 0.29) is 17.5 Å². The molecule has 31 heavy (non-hydrogen) atoms. The number of carbonyl (C=O) groups is 3. The van der Waals surface area contributed by atoms with Crippen molar-refractivity contribution < 1.29 is 34.2 Å². The highest BCUT2D eigenvalue weighted by molar-refractivity contribution is 5.86. The van der Waals surface area contributed by atoms with Crippen molar-refractivity contribution in [2.45, 2.75) is 43.8 Å². The topological polar surface area (TPSA) is 192 Å². The molecule has 1 saturated heterocycles. The molecule has 166 valence electrons. The minimum Gasteiger partial charge on any atom is -0.508 e. The van der Waals surface area contributed by atoms with Gasteiger partial charge in [-0.25, -0.2) is 9.59 Å². The van der Waals surface area contributed by atoms with Gasteiger partial charge < -0.3 is 35.8 Å². The van der Waals surface area contributed by atoms with Gasteiger partial charge in [0.05, 0.1) is 12.5 Å². The number of urea groups is 1. The van der Waals surface area contributed by atoms with E-state index in [0.717, 1.165) is 5.56 Å². The van der Waals surface area contributed by atoms with Crippen LogP contribution in [-0.4, -0.2) is 60.9 Å². The number of carboxylic acids is 2. The van der Waals surface area contributed by atoms with Crippen LogP contribution in [0.4, 0.5) is 4.79 Å². The number of benzene rings is 1. The zero-order chi connectivity index (χ0) is 22.5. The molecule has 0 aliphatic carbocycles. The maximum absolute atomic E-state index is 12.6. The Bertz CT molecular complexity index is 945. The number of amides is 2. The number of hydrogen-bond acceptors (Lipinski definition) is 8.